The van der Waals surface area contributed by atoms with E-state index in [0.717, 1.165) is 31.0 Å². The Morgan fingerprint density at radius 3 is 2.87 bits per heavy atom. The van der Waals surface area contributed by atoms with Crippen LogP contribution in [0.2, 0.25) is 0 Å². The van der Waals surface area contributed by atoms with Gasteiger partial charge in [0, 0.05) is 24.3 Å². The maximum Gasteiger partial charge on any atom is 0.139 e. The van der Waals surface area contributed by atoms with Crippen molar-refractivity contribution in [1.29, 1.82) is 0 Å². The van der Waals surface area contributed by atoms with Crippen molar-refractivity contribution < 1.29 is 9.53 Å². The van der Waals surface area contributed by atoms with Crippen LogP contribution in [-0.4, -0.2) is 24.3 Å². The first-order valence-electron chi connectivity index (χ1n) is 5.86. The van der Waals surface area contributed by atoms with E-state index in [2.05, 4.69) is 15.9 Å². The number of halogens is 1. The van der Waals surface area contributed by atoms with Gasteiger partial charge in [0.2, 0.25) is 0 Å². The summed E-state index contributed by atoms with van der Waals surface area (Å²) in [5.74, 6) is 0.989. The Hall–Kier alpha value is 0.110. The SMILES string of the molecule is CO[C@H](CCBr)[C@H]1CCC[C@]12CCC2=O. The minimum Gasteiger partial charge on any atom is -0.381 e. The normalized spacial score (nSPS) is 36.9. The van der Waals surface area contributed by atoms with E-state index >= 15 is 0 Å². The van der Waals surface area contributed by atoms with Crippen LogP contribution in [0.3, 0.4) is 0 Å². The molecule has 1 spiro atoms. The highest BCUT2D eigenvalue weighted by Gasteiger charge is 2.55. The molecule has 0 bridgehead atoms. The fourth-order valence-electron chi connectivity index (χ4n) is 3.44. The van der Waals surface area contributed by atoms with Gasteiger partial charge in [0.05, 0.1) is 6.10 Å². The molecule has 15 heavy (non-hydrogen) atoms. The van der Waals surface area contributed by atoms with Crippen LogP contribution in [0.25, 0.3) is 0 Å². The lowest BCUT2D eigenvalue weighted by atomic mass is 9.60. The molecule has 0 aromatic heterocycles. The van der Waals surface area contributed by atoms with Gasteiger partial charge in [-0.25, -0.2) is 0 Å². The average molecular weight is 275 g/mol. The lowest BCUT2D eigenvalue weighted by Gasteiger charge is -2.44. The summed E-state index contributed by atoms with van der Waals surface area (Å²) in [4.78, 5) is 11.8. The summed E-state index contributed by atoms with van der Waals surface area (Å²) >= 11 is 3.47. The molecule has 3 heteroatoms. The molecule has 0 amide bonds. The maximum atomic E-state index is 11.8. The van der Waals surface area contributed by atoms with Crippen molar-refractivity contribution in [3.8, 4) is 0 Å². The van der Waals surface area contributed by atoms with Crippen molar-refractivity contribution in [3.63, 3.8) is 0 Å². The van der Waals surface area contributed by atoms with Gasteiger partial charge in [-0.15, -0.1) is 0 Å². The number of hydrogen-bond acceptors (Lipinski definition) is 2. The van der Waals surface area contributed by atoms with Gasteiger partial charge in [-0.1, -0.05) is 22.4 Å². The molecular formula is C12H19BrO2. The Kier molecular flexibility index (Phi) is 3.51. The summed E-state index contributed by atoms with van der Waals surface area (Å²) in [6, 6.07) is 0. The number of hydrogen-bond donors (Lipinski definition) is 0. The van der Waals surface area contributed by atoms with Gasteiger partial charge in [0.15, 0.2) is 0 Å². The number of ether oxygens (including phenoxy) is 1. The maximum absolute atomic E-state index is 11.8. The minimum absolute atomic E-state index is 0.0306. The molecular weight excluding hydrogens is 256 g/mol. The van der Waals surface area contributed by atoms with E-state index in [4.69, 9.17) is 4.74 Å². The molecule has 3 atom stereocenters. The van der Waals surface area contributed by atoms with Gasteiger partial charge < -0.3 is 4.74 Å². The summed E-state index contributed by atoms with van der Waals surface area (Å²) in [5.41, 5.74) is 0.0306. The van der Waals surface area contributed by atoms with Crippen molar-refractivity contribution in [2.75, 3.05) is 12.4 Å². The van der Waals surface area contributed by atoms with Gasteiger partial charge in [0.25, 0.3) is 0 Å². The highest BCUT2D eigenvalue weighted by atomic mass is 79.9. The first-order chi connectivity index (χ1) is 7.24. The Bertz CT molecular complexity index is 254. The zero-order chi connectivity index (χ0) is 10.9. The quantitative estimate of drug-likeness (QED) is 0.737. The lowest BCUT2D eigenvalue weighted by molar-refractivity contribution is -0.146. The molecule has 0 heterocycles. The van der Waals surface area contributed by atoms with Gasteiger partial charge in [0.1, 0.15) is 5.78 Å². The van der Waals surface area contributed by atoms with Gasteiger partial charge in [-0.2, -0.15) is 0 Å². The zero-order valence-electron chi connectivity index (χ0n) is 9.30. The third-order valence-electron chi connectivity index (χ3n) is 4.35. The molecule has 0 N–H and O–H groups in total. The highest BCUT2D eigenvalue weighted by molar-refractivity contribution is 9.09. The second-order valence-corrected chi connectivity index (χ2v) is 5.62. The number of Topliss-reactive ketones (excluding diaryl/α,β-unsaturated/α-hetero) is 1. The standard InChI is InChI=1S/C12H19BrO2/c1-15-10(5-8-13)9-3-2-6-12(9)7-4-11(12)14/h9-10H,2-8H2,1H3/t9-,10-,12+/m1/s1. The summed E-state index contributed by atoms with van der Waals surface area (Å²) in [6.07, 6.45) is 6.71. The molecule has 2 nitrogen and oxygen atoms in total. The Balaban J connectivity index is 2.09. The molecule has 0 unspecified atom stereocenters. The van der Waals surface area contributed by atoms with E-state index in [1.54, 1.807) is 7.11 Å². The van der Waals surface area contributed by atoms with Crippen molar-refractivity contribution in [3.05, 3.63) is 0 Å². The van der Waals surface area contributed by atoms with Crippen molar-refractivity contribution >= 4 is 21.7 Å². The van der Waals surface area contributed by atoms with Gasteiger partial charge >= 0.3 is 0 Å². The second kappa shape index (κ2) is 4.54. The molecule has 2 rings (SSSR count). The molecule has 2 aliphatic carbocycles. The second-order valence-electron chi connectivity index (χ2n) is 4.83. The van der Waals surface area contributed by atoms with Crippen LogP contribution >= 0.6 is 15.9 Å². The zero-order valence-corrected chi connectivity index (χ0v) is 10.9. The predicted octanol–water partition coefficient (Wildman–Crippen LogP) is 2.94. The lowest BCUT2D eigenvalue weighted by Crippen LogP contribution is -2.48. The number of alkyl halides is 1. The van der Waals surface area contributed by atoms with Crippen molar-refractivity contribution in [2.45, 2.75) is 44.6 Å². The number of carbonyl (C=O) groups is 1. The van der Waals surface area contributed by atoms with Crippen LogP contribution in [0, 0.1) is 11.3 Å². The number of ketones is 1. The smallest absolute Gasteiger partial charge is 0.139 e. The summed E-state index contributed by atoms with van der Waals surface area (Å²) in [6.45, 7) is 0. The van der Waals surface area contributed by atoms with Crippen LogP contribution in [-0.2, 0) is 9.53 Å². The van der Waals surface area contributed by atoms with Crippen LogP contribution in [0.4, 0.5) is 0 Å². The Morgan fingerprint density at radius 1 is 1.60 bits per heavy atom. The molecule has 0 saturated heterocycles. The summed E-state index contributed by atoms with van der Waals surface area (Å²) in [7, 11) is 1.78. The third kappa shape index (κ3) is 1.78. The molecule has 0 aromatic rings. The molecule has 2 aliphatic rings. The van der Waals surface area contributed by atoms with Crippen molar-refractivity contribution in [2.24, 2.45) is 11.3 Å². The number of rotatable bonds is 4. The first kappa shape index (κ1) is 11.6. The van der Waals surface area contributed by atoms with Crippen LogP contribution in [0.1, 0.15) is 38.5 Å². The average Bonchev–Trinajstić information content (AvgIpc) is 2.70. The van der Waals surface area contributed by atoms with E-state index in [1.165, 1.54) is 12.8 Å². The van der Waals surface area contributed by atoms with E-state index in [9.17, 15) is 4.79 Å². The minimum atomic E-state index is 0.0306. The van der Waals surface area contributed by atoms with E-state index in [1.807, 2.05) is 0 Å². The number of carbonyl (C=O) groups excluding carboxylic acids is 1. The fourth-order valence-corrected chi connectivity index (χ4v) is 3.89. The molecule has 86 valence electrons. The van der Waals surface area contributed by atoms with Gasteiger partial charge in [-0.05, 0) is 31.6 Å². The first-order valence-corrected chi connectivity index (χ1v) is 6.99. The topological polar surface area (TPSA) is 26.3 Å². The van der Waals surface area contributed by atoms with Crippen LogP contribution in [0.5, 0.6) is 0 Å². The molecule has 2 fully saturated rings. The van der Waals surface area contributed by atoms with E-state index in [-0.39, 0.29) is 11.5 Å². The highest BCUT2D eigenvalue weighted by Crippen LogP contribution is 2.56. The third-order valence-corrected chi connectivity index (χ3v) is 4.80. The number of methoxy groups -OCH3 is 1. The Labute approximate surface area is 99.9 Å². The van der Waals surface area contributed by atoms with E-state index in [0.29, 0.717) is 11.7 Å². The molecule has 0 radical (unpaired) electrons. The largest absolute Gasteiger partial charge is 0.381 e. The van der Waals surface area contributed by atoms with Crippen molar-refractivity contribution in [1.82, 2.24) is 0 Å². The molecule has 0 aliphatic heterocycles. The predicted molar refractivity (Wildman–Crippen MR) is 63.2 cm³/mol. The van der Waals surface area contributed by atoms with Crippen LogP contribution in [0.15, 0.2) is 0 Å². The molecule has 2 saturated carbocycles. The van der Waals surface area contributed by atoms with E-state index < -0.39 is 0 Å². The Morgan fingerprint density at radius 2 is 2.40 bits per heavy atom. The van der Waals surface area contributed by atoms with Gasteiger partial charge in [-0.3, -0.25) is 4.79 Å². The summed E-state index contributed by atoms with van der Waals surface area (Å²) < 4.78 is 5.57. The monoisotopic (exact) mass is 274 g/mol. The van der Waals surface area contributed by atoms with Crippen LogP contribution < -0.4 is 0 Å². The summed E-state index contributed by atoms with van der Waals surface area (Å²) in [5, 5.41) is 0.965. The molecule has 0 aromatic carbocycles. The fraction of sp³-hybridized carbons (Fsp3) is 0.917.